The average Bonchev–Trinajstić information content (AvgIpc) is 3.55. The van der Waals surface area contributed by atoms with Crippen LogP contribution in [0.4, 0.5) is 14.5 Å². The molecule has 1 aliphatic carbocycles. The van der Waals surface area contributed by atoms with E-state index in [0.29, 0.717) is 30.6 Å². The first kappa shape index (κ1) is 19.0. The first-order chi connectivity index (χ1) is 14.3. The van der Waals surface area contributed by atoms with Gasteiger partial charge in [-0.05, 0) is 26.7 Å². The molecule has 9 heteroatoms. The van der Waals surface area contributed by atoms with Gasteiger partial charge in [0.25, 0.3) is 0 Å². The SMILES string of the molecule is CC1=C(C)n2cc(C(=O)O)c(=O)c3c(F)c(F)c(N4CCN(C5CC5)CC4)c(c32)O1. The molecule has 0 spiro atoms. The molecule has 2 aromatic rings. The van der Waals surface area contributed by atoms with Crippen molar-refractivity contribution in [3.8, 4) is 5.75 Å². The summed E-state index contributed by atoms with van der Waals surface area (Å²) in [5, 5.41) is 8.79. The number of carboxylic acids is 1. The number of allylic oxidation sites excluding steroid dienone is 2. The number of ether oxygens (including phenoxy) is 1. The second-order valence-electron chi connectivity index (χ2n) is 8.07. The normalized spacial score (nSPS) is 19.4. The second-order valence-corrected chi connectivity index (χ2v) is 8.07. The number of hydrogen-bond donors (Lipinski definition) is 1. The van der Waals surface area contributed by atoms with Crippen LogP contribution in [0.5, 0.6) is 5.75 Å². The standard InChI is InChI=1S/C21H21F2N3O4/c1-10-11(2)30-20-17-14(19(27)13(21(28)29)9-26(10)17)15(22)16(23)18(20)25-7-5-24(6-8-25)12-3-4-12/h9,12H,3-8H2,1-2H3,(H,28,29). The Hall–Kier alpha value is -2.94. The van der Waals surface area contributed by atoms with E-state index in [0.717, 1.165) is 19.3 Å². The van der Waals surface area contributed by atoms with Crippen LogP contribution in [0.25, 0.3) is 16.6 Å². The highest BCUT2D eigenvalue weighted by Gasteiger charge is 2.36. The van der Waals surface area contributed by atoms with Gasteiger partial charge >= 0.3 is 5.97 Å². The van der Waals surface area contributed by atoms with Crippen LogP contribution in [-0.2, 0) is 0 Å². The largest absolute Gasteiger partial charge is 0.477 e. The Morgan fingerprint density at radius 2 is 1.80 bits per heavy atom. The molecule has 2 fully saturated rings. The summed E-state index contributed by atoms with van der Waals surface area (Å²) in [5.74, 6) is -3.54. The van der Waals surface area contributed by atoms with Gasteiger partial charge in [-0.2, -0.15) is 0 Å². The molecule has 2 aliphatic heterocycles. The minimum atomic E-state index is -1.50. The van der Waals surface area contributed by atoms with E-state index in [2.05, 4.69) is 4.90 Å². The number of anilines is 1. The van der Waals surface area contributed by atoms with Crippen molar-refractivity contribution in [2.75, 3.05) is 31.1 Å². The third kappa shape index (κ3) is 2.64. The summed E-state index contributed by atoms with van der Waals surface area (Å²) in [7, 11) is 0. The third-order valence-corrected chi connectivity index (χ3v) is 6.31. The van der Waals surface area contributed by atoms with Crippen LogP contribution in [0.15, 0.2) is 16.8 Å². The molecule has 1 saturated carbocycles. The van der Waals surface area contributed by atoms with Crippen LogP contribution in [-0.4, -0.2) is 52.8 Å². The summed E-state index contributed by atoms with van der Waals surface area (Å²) >= 11 is 0. The number of carbonyl (C=O) groups is 1. The quantitative estimate of drug-likeness (QED) is 0.828. The highest BCUT2D eigenvalue weighted by Crippen LogP contribution is 2.45. The molecule has 1 N–H and O–H groups in total. The molecule has 1 aromatic carbocycles. The van der Waals surface area contributed by atoms with Crippen LogP contribution in [0, 0.1) is 11.6 Å². The van der Waals surface area contributed by atoms with Gasteiger partial charge < -0.3 is 19.3 Å². The van der Waals surface area contributed by atoms with Crippen molar-refractivity contribution in [2.24, 2.45) is 0 Å². The van der Waals surface area contributed by atoms with Crippen LogP contribution in [0.2, 0.25) is 0 Å². The molecular weight excluding hydrogens is 396 g/mol. The molecule has 0 amide bonds. The molecule has 7 nitrogen and oxygen atoms in total. The Morgan fingerprint density at radius 1 is 1.13 bits per heavy atom. The molecule has 158 valence electrons. The summed E-state index contributed by atoms with van der Waals surface area (Å²) in [4.78, 5) is 28.3. The van der Waals surface area contributed by atoms with Gasteiger partial charge in [0, 0.05) is 38.4 Å². The van der Waals surface area contributed by atoms with Crippen molar-refractivity contribution in [3.05, 3.63) is 39.4 Å². The Kier molecular flexibility index (Phi) is 4.15. The molecule has 0 unspecified atom stereocenters. The lowest BCUT2D eigenvalue weighted by Gasteiger charge is -2.38. The number of hydrogen-bond acceptors (Lipinski definition) is 5. The summed E-state index contributed by atoms with van der Waals surface area (Å²) in [5.41, 5.74) is -1.13. The number of carboxylic acid groups (broad SMARTS) is 1. The van der Waals surface area contributed by atoms with E-state index in [1.807, 2.05) is 0 Å². The molecule has 0 bridgehead atoms. The molecule has 3 aliphatic rings. The summed E-state index contributed by atoms with van der Waals surface area (Å²) < 4.78 is 37.8. The minimum Gasteiger partial charge on any atom is -0.477 e. The number of aromatic carboxylic acids is 1. The minimum absolute atomic E-state index is 0.0153. The Labute approximate surface area is 170 Å². The molecule has 0 atom stereocenters. The lowest BCUT2D eigenvalue weighted by molar-refractivity contribution is 0.0695. The van der Waals surface area contributed by atoms with Crippen molar-refractivity contribution >= 4 is 28.3 Å². The van der Waals surface area contributed by atoms with Gasteiger partial charge in [0.2, 0.25) is 5.43 Å². The van der Waals surface area contributed by atoms with E-state index in [1.54, 1.807) is 18.7 Å². The molecule has 0 radical (unpaired) electrons. The number of aromatic nitrogens is 1. The maximum Gasteiger partial charge on any atom is 0.341 e. The van der Waals surface area contributed by atoms with Gasteiger partial charge in [-0.15, -0.1) is 0 Å². The smallest absolute Gasteiger partial charge is 0.341 e. The van der Waals surface area contributed by atoms with Gasteiger partial charge in [-0.1, -0.05) is 0 Å². The third-order valence-electron chi connectivity index (χ3n) is 6.31. The second kappa shape index (κ2) is 6.53. The van der Waals surface area contributed by atoms with Gasteiger partial charge in [-0.25, -0.2) is 13.6 Å². The molecule has 3 heterocycles. The number of halogens is 2. The Bertz CT molecular complexity index is 1190. The fraction of sp³-hybridized carbons (Fsp3) is 0.429. The van der Waals surface area contributed by atoms with Crippen LogP contribution >= 0.6 is 0 Å². The van der Waals surface area contributed by atoms with Crippen LogP contribution in [0.3, 0.4) is 0 Å². The van der Waals surface area contributed by atoms with E-state index in [-0.39, 0.29) is 17.0 Å². The zero-order valence-electron chi connectivity index (χ0n) is 16.7. The van der Waals surface area contributed by atoms with Gasteiger partial charge in [0.05, 0.1) is 11.1 Å². The van der Waals surface area contributed by atoms with E-state index >= 15 is 8.78 Å². The number of pyridine rings is 1. The zero-order chi connectivity index (χ0) is 21.3. The monoisotopic (exact) mass is 417 g/mol. The molecule has 30 heavy (non-hydrogen) atoms. The number of benzene rings is 1. The number of nitrogens with zero attached hydrogens (tertiary/aromatic N) is 3. The average molecular weight is 417 g/mol. The first-order valence-electron chi connectivity index (χ1n) is 9.98. The maximum atomic E-state index is 15.3. The number of rotatable bonds is 3. The van der Waals surface area contributed by atoms with Crippen molar-refractivity contribution in [3.63, 3.8) is 0 Å². The lowest BCUT2D eigenvalue weighted by atomic mass is 10.0. The van der Waals surface area contributed by atoms with E-state index in [9.17, 15) is 14.7 Å². The molecule has 1 aromatic heterocycles. The zero-order valence-corrected chi connectivity index (χ0v) is 16.7. The summed E-state index contributed by atoms with van der Waals surface area (Å²) in [6.07, 6.45) is 3.51. The van der Waals surface area contributed by atoms with Gasteiger partial charge in [0.15, 0.2) is 17.4 Å². The summed E-state index contributed by atoms with van der Waals surface area (Å²) in [6.45, 7) is 5.83. The van der Waals surface area contributed by atoms with Gasteiger partial charge in [-0.3, -0.25) is 9.69 Å². The maximum absolute atomic E-state index is 15.3. The summed E-state index contributed by atoms with van der Waals surface area (Å²) in [6, 6.07) is 0.590. The molecule has 5 rings (SSSR count). The van der Waals surface area contributed by atoms with Crippen molar-refractivity contribution < 1.29 is 23.4 Å². The predicted octanol–water partition coefficient (Wildman–Crippen LogP) is 2.86. The Balaban J connectivity index is 1.75. The van der Waals surface area contributed by atoms with E-state index < -0.39 is 34.0 Å². The fourth-order valence-electron chi connectivity index (χ4n) is 4.41. The van der Waals surface area contributed by atoms with E-state index in [4.69, 9.17) is 4.74 Å². The Morgan fingerprint density at radius 3 is 2.40 bits per heavy atom. The van der Waals surface area contributed by atoms with Crippen LogP contribution < -0.4 is 15.1 Å². The fourth-order valence-corrected chi connectivity index (χ4v) is 4.41. The predicted molar refractivity (Wildman–Crippen MR) is 107 cm³/mol. The highest BCUT2D eigenvalue weighted by atomic mass is 19.2. The van der Waals surface area contributed by atoms with Crippen molar-refractivity contribution in [1.82, 2.24) is 9.47 Å². The number of piperazine rings is 1. The van der Waals surface area contributed by atoms with Crippen LogP contribution in [0.1, 0.15) is 37.0 Å². The first-order valence-corrected chi connectivity index (χ1v) is 9.98. The van der Waals surface area contributed by atoms with E-state index in [1.165, 1.54) is 17.4 Å². The lowest BCUT2D eigenvalue weighted by Crippen LogP contribution is -2.47. The topological polar surface area (TPSA) is 75.0 Å². The van der Waals surface area contributed by atoms with Gasteiger partial charge in [0.1, 0.15) is 22.5 Å². The highest BCUT2D eigenvalue weighted by molar-refractivity contribution is 5.99. The van der Waals surface area contributed by atoms with Crippen molar-refractivity contribution in [2.45, 2.75) is 32.7 Å². The molecule has 1 saturated heterocycles. The van der Waals surface area contributed by atoms with Crippen molar-refractivity contribution in [1.29, 1.82) is 0 Å². The molecular formula is C21H21F2N3O4.